The fourth-order valence-electron chi connectivity index (χ4n) is 2.34. The van der Waals surface area contributed by atoms with Crippen LogP contribution in [0.1, 0.15) is 41.4 Å². The molecular formula is C19H21FN2O3. The molecule has 2 aromatic carbocycles. The van der Waals surface area contributed by atoms with E-state index in [-0.39, 0.29) is 17.3 Å². The van der Waals surface area contributed by atoms with Gasteiger partial charge in [0.15, 0.2) is 6.61 Å². The molecule has 0 saturated carbocycles. The number of carbonyl (C=O) groups excluding carboxylic acids is 2. The highest BCUT2D eigenvalue weighted by molar-refractivity contribution is 5.96. The predicted molar refractivity (Wildman–Crippen MR) is 93.5 cm³/mol. The zero-order valence-corrected chi connectivity index (χ0v) is 14.2. The number of amides is 1. The second kappa shape index (κ2) is 8.28. The number of anilines is 1. The molecule has 5 nitrogen and oxygen atoms in total. The number of nitrogens with two attached hydrogens (primary N) is 1. The molecular weight excluding hydrogens is 323 g/mol. The minimum Gasteiger partial charge on any atom is -0.452 e. The maximum atomic E-state index is 13.0. The van der Waals surface area contributed by atoms with Gasteiger partial charge < -0.3 is 15.8 Å². The van der Waals surface area contributed by atoms with Crippen molar-refractivity contribution in [3.63, 3.8) is 0 Å². The topological polar surface area (TPSA) is 81.4 Å². The zero-order chi connectivity index (χ0) is 18.4. The third-order valence-corrected chi connectivity index (χ3v) is 3.83. The molecule has 0 aromatic heterocycles. The minimum absolute atomic E-state index is 0.0254. The van der Waals surface area contributed by atoms with Crippen LogP contribution in [0.25, 0.3) is 0 Å². The van der Waals surface area contributed by atoms with Crippen LogP contribution in [0.2, 0.25) is 0 Å². The number of rotatable bonds is 6. The van der Waals surface area contributed by atoms with Crippen LogP contribution < -0.4 is 11.1 Å². The first-order valence-corrected chi connectivity index (χ1v) is 8.01. The summed E-state index contributed by atoms with van der Waals surface area (Å²) >= 11 is 0. The highest BCUT2D eigenvalue weighted by Crippen LogP contribution is 2.15. The predicted octanol–water partition coefficient (Wildman–Crippen LogP) is 3.00. The number of hydrogen-bond acceptors (Lipinski definition) is 4. The molecule has 0 saturated heterocycles. The molecule has 132 valence electrons. The fraction of sp³-hybridized carbons (Fsp3) is 0.263. The number of halogens is 1. The molecule has 1 amide bonds. The number of hydrogen-bond donors (Lipinski definition) is 2. The van der Waals surface area contributed by atoms with Crippen LogP contribution in [0.3, 0.4) is 0 Å². The number of esters is 1. The van der Waals surface area contributed by atoms with Crippen LogP contribution in [0.4, 0.5) is 10.1 Å². The van der Waals surface area contributed by atoms with Gasteiger partial charge in [0.1, 0.15) is 5.82 Å². The summed E-state index contributed by atoms with van der Waals surface area (Å²) in [5.41, 5.74) is 7.73. The summed E-state index contributed by atoms with van der Waals surface area (Å²) in [6, 6.07) is 11.1. The van der Waals surface area contributed by atoms with Crippen molar-refractivity contribution in [1.82, 2.24) is 5.32 Å². The van der Waals surface area contributed by atoms with Crippen molar-refractivity contribution in [2.75, 3.05) is 12.3 Å². The van der Waals surface area contributed by atoms with Crippen LogP contribution in [0.15, 0.2) is 42.5 Å². The molecule has 1 atom stereocenters. The molecule has 0 bridgehead atoms. The van der Waals surface area contributed by atoms with Gasteiger partial charge in [0.2, 0.25) is 0 Å². The van der Waals surface area contributed by atoms with Gasteiger partial charge in [0, 0.05) is 5.69 Å². The van der Waals surface area contributed by atoms with Crippen molar-refractivity contribution in [2.45, 2.75) is 26.3 Å². The number of nitrogen functional groups attached to an aromatic ring is 1. The number of nitrogens with one attached hydrogen (secondary N) is 1. The van der Waals surface area contributed by atoms with E-state index in [0.29, 0.717) is 0 Å². The summed E-state index contributed by atoms with van der Waals surface area (Å²) in [5, 5.41) is 2.76. The van der Waals surface area contributed by atoms with E-state index in [1.165, 1.54) is 11.6 Å². The molecule has 1 unspecified atom stereocenters. The van der Waals surface area contributed by atoms with Crippen LogP contribution in [0, 0.1) is 5.82 Å². The first-order chi connectivity index (χ1) is 11.9. The number of carbonyl (C=O) groups is 2. The van der Waals surface area contributed by atoms with E-state index in [2.05, 4.69) is 12.2 Å². The largest absolute Gasteiger partial charge is 0.452 e. The van der Waals surface area contributed by atoms with E-state index in [9.17, 15) is 14.0 Å². The summed E-state index contributed by atoms with van der Waals surface area (Å²) in [7, 11) is 0. The van der Waals surface area contributed by atoms with E-state index in [4.69, 9.17) is 10.5 Å². The van der Waals surface area contributed by atoms with Crippen molar-refractivity contribution in [1.29, 1.82) is 0 Å². The molecule has 25 heavy (non-hydrogen) atoms. The smallest absolute Gasteiger partial charge is 0.340 e. The molecule has 0 aliphatic heterocycles. The molecule has 3 N–H and O–H groups in total. The van der Waals surface area contributed by atoms with Crippen LogP contribution in [-0.2, 0) is 16.0 Å². The Kier molecular flexibility index (Phi) is 6.11. The molecule has 0 heterocycles. The SMILES string of the molecule is CCc1ccc(C(C)NC(=O)COC(=O)c2ccc(F)cc2N)cc1. The Bertz CT molecular complexity index is 760. The summed E-state index contributed by atoms with van der Waals surface area (Å²) < 4.78 is 17.9. The lowest BCUT2D eigenvalue weighted by Crippen LogP contribution is -2.31. The average molecular weight is 344 g/mol. The van der Waals surface area contributed by atoms with E-state index in [1.807, 2.05) is 31.2 Å². The Morgan fingerprint density at radius 3 is 2.48 bits per heavy atom. The van der Waals surface area contributed by atoms with Crippen molar-refractivity contribution in [3.8, 4) is 0 Å². The Balaban J connectivity index is 1.87. The third kappa shape index (κ3) is 5.04. The zero-order valence-electron chi connectivity index (χ0n) is 14.2. The molecule has 0 aliphatic rings. The molecule has 0 spiro atoms. The van der Waals surface area contributed by atoms with Gasteiger partial charge in [-0.3, -0.25) is 4.79 Å². The van der Waals surface area contributed by atoms with E-state index in [0.717, 1.165) is 24.1 Å². The molecule has 0 aliphatic carbocycles. The molecule has 6 heteroatoms. The number of benzene rings is 2. The first-order valence-electron chi connectivity index (χ1n) is 8.01. The Morgan fingerprint density at radius 1 is 1.20 bits per heavy atom. The number of ether oxygens (including phenoxy) is 1. The lowest BCUT2D eigenvalue weighted by Gasteiger charge is -2.15. The third-order valence-electron chi connectivity index (χ3n) is 3.83. The van der Waals surface area contributed by atoms with Gasteiger partial charge in [-0.1, -0.05) is 31.2 Å². The van der Waals surface area contributed by atoms with Crippen LogP contribution >= 0.6 is 0 Å². The molecule has 0 fully saturated rings. The summed E-state index contributed by atoms with van der Waals surface area (Å²) in [5.74, 6) is -1.75. The maximum absolute atomic E-state index is 13.0. The summed E-state index contributed by atoms with van der Waals surface area (Å²) in [6.45, 7) is 3.48. The minimum atomic E-state index is -0.771. The molecule has 2 aromatic rings. The monoisotopic (exact) mass is 344 g/mol. The molecule has 2 rings (SSSR count). The van der Waals surface area contributed by atoms with Gasteiger partial charge >= 0.3 is 5.97 Å². The van der Waals surface area contributed by atoms with Crippen molar-refractivity contribution in [2.24, 2.45) is 0 Å². The van der Waals surface area contributed by atoms with Crippen molar-refractivity contribution >= 4 is 17.6 Å². The summed E-state index contributed by atoms with van der Waals surface area (Å²) in [4.78, 5) is 23.8. The van der Waals surface area contributed by atoms with Gasteiger partial charge in [0.05, 0.1) is 11.6 Å². The highest BCUT2D eigenvalue weighted by Gasteiger charge is 2.15. The second-order valence-corrected chi connectivity index (χ2v) is 5.69. The number of aryl methyl sites for hydroxylation is 1. The second-order valence-electron chi connectivity index (χ2n) is 5.69. The summed E-state index contributed by atoms with van der Waals surface area (Å²) in [6.07, 6.45) is 0.948. The lowest BCUT2D eigenvalue weighted by molar-refractivity contribution is -0.124. The van der Waals surface area contributed by atoms with Crippen molar-refractivity contribution in [3.05, 3.63) is 65.0 Å². The first kappa shape index (κ1) is 18.4. The van der Waals surface area contributed by atoms with Crippen molar-refractivity contribution < 1.29 is 18.7 Å². The van der Waals surface area contributed by atoms with Crippen LogP contribution in [-0.4, -0.2) is 18.5 Å². The highest BCUT2D eigenvalue weighted by atomic mass is 19.1. The van der Waals surface area contributed by atoms with E-state index < -0.39 is 24.3 Å². The van der Waals surface area contributed by atoms with E-state index in [1.54, 1.807) is 0 Å². The Hall–Kier alpha value is -2.89. The average Bonchev–Trinajstić information content (AvgIpc) is 2.59. The van der Waals surface area contributed by atoms with Gasteiger partial charge in [-0.2, -0.15) is 0 Å². The quantitative estimate of drug-likeness (QED) is 0.623. The Labute approximate surface area is 146 Å². The maximum Gasteiger partial charge on any atom is 0.340 e. The Morgan fingerprint density at radius 2 is 1.88 bits per heavy atom. The van der Waals surface area contributed by atoms with Crippen LogP contribution in [0.5, 0.6) is 0 Å². The van der Waals surface area contributed by atoms with Gasteiger partial charge in [-0.05, 0) is 42.7 Å². The standard InChI is InChI=1S/C19H21FN2O3/c1-3-13-4-6-14(7-5-13)12(2)22-18(23)11-25-19(24)16-9-8-15(20)10-17(16)21/h4-10,12H,3,11,21H2,1-2H3,(H,22,23). The lowest BCUT2D eigenvalue weighted by atomic mass is 10.1. The van der Waals surface area contributed by atoms with E-state index >= 15 is 0 Å². The van der Waals surface area contributed by atoms with Gasteiger partial charge in [0.25, 0.3) is 5.91 Å². The van der Waals surface area contributed by atoms with Gasteiger partial charge in [-0.15, -0.1) is 0 Å². The fourth-order valence-corrected chi connectivity index (χ4v) is 2.34. The normalized spacial score (nSPS) is 11.6. The van der Waals surface area contributed by atoms with Gasteiger partial charge in [-0.25, -0.2) is 9.18 Å². The molecule has 0 radical (unpaired) electrons.